The molecule has 1 N–H and O–H groups in total. The molecule has 0 aromatic heterocycles. The lowest BCUT2D eigenvalue weighted by Gasteiger charge is -2.13. The zero-order valence-electron chi connectivity index (χ0n) is 15.1. The lowest BCUT2D eigenvalue weighted by atomic mass is 10.1. The number of benzene rings is 3. The predicted molar refractivity (Wildman–Crippen MR) is 98.0 cm³/mol. The lowest BCUT2D eigenvalue weighted by molar-refractivity contribution is -0.137. The summed E-state index contributed by atoms with van der Waals surface area (Å²) in [5.41, 5.74) is -0.630. The summed E-state index contributed by atoms with van der Waals surface area (Å²) in [4.78, 5) is 12.1. The molecule has 3 aromatic carbocycles. The Morgan fingerprint density at radius 1 is 1.00 bits per heavy atom. The fourth-order valence-electron chi connectivity index (χ4n) is 2.71. The Morgan fingerprint density at radius 3 is 2.39 bits per heavy atom. The van der Waals surface area contributed by atoms with Gasteiger partial charge in [0.2, 0.25) is 0 Å². The first-order chi connectivity index (χ1) is 13.1. The molecule has 0 unspecified atom stereocenters. The van der Waals surface area contributed by atoms with E-state index in [2.05, 4.69) is 5.32 Å². The molecule has 3 rings (SSSR count). The number of ether oxygens (including phenoxy) is 1. The van der Waals surface area contributed by atoms with Crippen molar-refractivity contribution in [3.05, 3.63) is 71.5 Å². The van der Waals surface area contributed by atoms with Crippen LogP contribution in [0.5, 0.6) is 11.5 Å². The molecule has 1 amide bonds. The number of hydrogen-bond acceptors (Lipinski definition) is 2. The SMILES string of the molecule is CC(C)NC(=O)c1ccc2c(Oc3ccc(C(F)(F)F)cc3F)cccc2c1. The topological polar surface area (TPSA) is 38.3 Å². The van der Waals surface area contributed by atoms with Crippen LogP contribution in [0.3, 0.4) is 0 Å². The van der Waals surface area contributed by atoms with Crippen molar-refractivity contribution in [2.45, 2.75) is 26.1 Å². The Kier molecular flexibility index (Phi) is 5.27. The quantitative estimate of drug-likeness (QED) is 0.560. The summed E-state index contributed by atoms with van der Waals surface area (Å²) >= 11 is 0. The molecule has 0 saturated carbocycles. The van der Waals surface area contributed by atoms with Gasteiger partial charge in [-0.3, -0.25) is 4.79 Å². The van der Waals surface area contributed by atoms with Gasteiger partial charge < -0.3 is 10.1 Å². The number of carbonyl (C=O) groups is 1. The van der Waals surface area contributed by atoms with Gasteiger partial charge in [0.25, 0.3) is 5.91 Å². The highest BCUT2D eigenvalue weighted by Crippen LogP contribution is 2.35. The van der Waals surface area contributed by atoms with Crippen molar-refractivity contribution in [3.8, 4) is 11.5 Å². The van der Waals surface area contributed by atoms with Gasteiger partial charge in [0.05, 0.1) is 5.56 Å². The zero-order valence-corrected chi connectivity index (χ0v) is 15.1. The number of fused-ring (bicyclic) bond motifs is 1. The Hall–Kier alpha value is -3.09. The molecular weight excluding hydrogens is 374 g/mol. The van der Waals surface area contributed by atoms with Crippen LogP contribution in [-0.4, -0.2) is 11.9 Å². The second-order valence-electron chi connectivity index (χ2n) is 6.57. The van der Waals surface area contributed by atoms with Crippen LogP contribution < -0.4 is 10.1 Å². The molecule has 7 heteroatoms. The fourth-order valence-corrected chi connectivity index (χ4v) is 2.71. The maximum absolute atomic E-state index is 14.1. The largest absolute Gasteiger partial charge is 0.454 e. The monoisotopic (exact) mass is 391 g/mol. The Labute approximate surface area is 158 Å². The third-order valence-electron chi connectivity index (χ3n) is 4.00. The highest BCUT2D eigenvalue weighted by Gasteiger charge is 2.31. The van der Waals surface area contributed by atoms with Crippen molar-refractivity contribution in [1.29, 1.82) is 0 Å². The molecule has 0 saturated heterocycles. The van der Waals surface area contributed by atoms with Gasteiger partial charge in [-0.25, -0.2) is 4.39 Å². The van der Waals surface area contributed by atoms with Crippen molar-refractivity contribution in [2.75, 3.05) is 0 Å². The van der Waals surface area contributed by atoms with E-state index in [1.165, 1.54) is 0 Å². The maximum atomic E-state index is 14.1. The smallest absolute Gasteiger partial charge is 0.416 e. The minimum absolute atomic E-state index is 0.0134. The molecule has 0 fully saturated rings. The van der Waals surface area contributed by atoms with Gasteiger partial charge in [0.15, 0.2) is 11.6 Å². The number of carbonyl (C=O) groups excluding carboxylic acids is 1. The third-order valence-corrected chi connectivity index (χ3v) is 4.00. The van der Waals surface area contributed by atoms with Crippen molar-refractivity contribution < 1.29 is 27.1 Å². The molecular formula is C21H17F4NO2. The normalized spacial score (nSPS) is 11.7. The lowest BCUT2D eigenvalue weighted by Crippen LogP contribution is -2.29. The van der Waals surface area contributed by atoms with E-state index in [-0.39, 0.29) is 23.4 Å². The van der Waals surface area contributed by atoms with Crippen LogP contribution in [-0.2, 0) is 6.18 Å². The molecule has 0 spiro atoms. The van der Waals surface area contributed by atoms with E-state index in [1.54, 1.807) is 36.4 Å². The third kappa shape index (κ3) is 4.24. The van der Waals surface area contributed by atoms with E-state index in [0.29, 0.717) is 22.4 Å². The van der Waals surface area contributed by atoms with Crippen molar-refractivity contribution in [2.24, 2.45) is 0 Å². The van der Waals surface area contributed by atoms with Crippen molar-refractivity contribution in [3.63, 3.8) is 0 Å². The summed E-state index contributed by atoms with van der Waals surface area (Å²) in [6, 6.07) is 12.0. The van der Waals surface area contributed by atoms with Crippen LogP contribution in [0.25, 0.3) is 10.8 Å². The summed E-state index contributed by atoms with van der Waals surface area (Å²) in [6.45, 7) is 3.70. The van der Waals surface area contributed by atoms with Gasteiger partial charge in [0, 0.05) is 17.0 Å². The van der Waals surface area contributed by atoms with Gasteiger partial charge in [-0.05, 0) is 61.7 Å². The number of rotatable bonds is 4. The molecule has 3 nitrogen and oxygen atoms in total. The van der Waals surface area contributed by atoms with Gasteiger partial charge in [-0.1, -0.05) is 12.1 Å². The first-order valence-corrected chi connectivity index (χ1v) is 8.53. The second-order valence-corrected chi connectivity index (χ2v) is 6.57. The molecule has 0 aliphatic heterocycles. The summed E-state index contributed by atoms with van der Waals surface area (Å²) in [7, 11) is 0. The minimum atomic E-state index is -4.63. The molecule has 0 heterocycles. The van der Waals surface area contributed by atoms with E-state index in [0.717, 1.165) is 12.1 Å². The minimum Gasteiger partial charge on any atom is -0.454 e. The van der Waals surface area contributed by atoms with Crippen LogP contribution in [0, 0.1) is 5.82 Å². The Morgan fingerprint density at radius 2 is 1.75 bits per heavy atom. The first-order valence-electron chi connectivity index (χ1n) is 8.53. The average Bonchev–Trinajstić information content (AvgIpc) is 2.61. The van der Waals surface area contributed by atoms with Gasteiger partial charge >= 0.3 is 6.18 Å². The molecule has 28 heavy (non-hydrogen) atoms. The van der Waals surface area contributed by atoms with Gasteiger partial charge in [-0.2, -0.15) is 13.2 Å². The number of amides is 1. The van der Waals surface area contributed by atoms with Crippen LogP contribution in [0.1, 0.15) is 29.8 Å². The van der Waals surface area contributed by atoms with E-state index in [9.17, 15) is 22.4 Å². The van der Waals surface area contributed by atoms with Crippen LogP contribution in [0.4, 0.5) is 17.6 Å². The summed E-state index contributed by atoms with van der Waals surface area (Å²) in [6.07, 6.45) is -4.63. The van der Waals surface area contributed by atoms with E-state index < -0.39 is 17.6 Å². The van der Waals surface area contributed by atoms with E-state index >= 15 is 0 Å². The molecule has 146 valence electrons. The second kappa shape index (κ2) is 7.50. The molecule has 0 atom stereocenters. The average molecular weight is 391 g/mol. The number of alkyl halides is 3. The predicted octanol–water partition coefficient (Wildman–Crippen LogP) is 5.93. The zero-order chi connectivity index (χ0) is 20.5. The Bertz CT molecular complexity index is 1030. The maximum Gasteiger partial charge on any atom is 0.416 e. The van der Waals surface area contributed by atoms with Gasteiger partial charge in [0.1, 0.15) is 5.75 Å². The van der Waals surface area contributed by atoms with Crippen molar-refractivity contribution >= 4 is 16.7 Å². The molecule has 0 bridgehead atoms. The fraction of sp³-hybridized carbons (Fsp3) is 0.190. The van der Waals surface area contributed by atoms with E-state index in [1.807, 2.05) is 13.8 Å². The highest BCUT2D eigenvalue weighted by atomic mass is 19.4. The summed E-state index contributed by atoms with van der Waals surface area (Å²) < 4.78 is 57.6. The Balaban J connectivity index is 1.93. The standard InChI is InChI=1S/C21H17F4NO2/c1-12(2)26-20(27)14-6-8-16-13(10-14)4-3-5-18(16)28-19-9-7-15(11-17(19)22)21(23,24)25/h3-12H,1-2H3,(H,26,27). The van der Waals surface area contributed by atoms with Crippen LogP contribution in [0.2, 0.25) is 0 Å². The molecule has 3 aromatic rings. The van der Waals surface area contributed by atoms with Gasteiger partial charge in [-0.15, -0.1) is 0 Å². The van der Waals surface area contributed by atoms with Crippen LogP contribution >= 0.6 is 0 Å². The number of hydrogen-bond donors (Lipinski definition) is 1. The van der Waals surface area contributed by atoms with Crippen LogP contribution in [0.15, 0.2) is 54.6 Å². The first kappa shape index (κ1) is 19.7. The highest BCUT2D eigenvalue weighted by molar-refractivity contribution is 6.00. The van der Waals surface area contributed by atoms with E-state index in [4.69, 9.17) is 4.74 Å². The molecule has 0 radical (unpaired) electrons. The number of halogens is 4. The molecule has 0 aliphatic rings. The molecule has 0 aliphatic carbocycles. The van der Waals surface area contributed by atoms with Crippen molar-refractivity contribution in [1.82, 2.24) is 5.32 Å². The summed E-state index contributed by atoms with van der Waals surface area (Å²) in [5, 5.41) is 4.07. The summed E-state index contributed by atoms with van der Waals surface area (Å²) in [5.74, 6) is -1.38. The number of nitrogens with one attached hydrogen (secondary N) is 1.